The normalized spacial score (nSPS) is 18.1. The highest BCUT2D eigenvalue weighted by molar-refractivity contribution is 5.70. The van der Waals surface area contributed by atoms with Gasteiger partial charge in [-0.3, -0.25) is 14.7 Å². The zero-order chi connectivity index (χ0) is 14.8. The predicted molar refractivity (Wildman–Crippen MR) is 78.6 cm³/mol. The molecular weight excluding hydrogens is 252 g/mol. The number of hydrogen-bond acceptors (Lipinski definition) is 3. The standard InChI is InChI=1S/C16H24N2O2/c1-16(2,3)14-5-4-12(10-17-14)11-18-8-6-13(7-9-18)15(19)20/h4-5,10,13H,6-9,11H2,1-3H3,(H,19,20). The summed E-state index contributed by atoms with van der Waals surface area (Å²) in [4.78, 5) is 17.8. The Morgan fingerprint density at radius 2 is 2.00 bits per heavy atom. The van der Waals surface area contributed by atoms with Crippen LogP contribution in [0, 0.1) is 5.92 Å². The third-order valence-corrected chi connectivity index (χ3v) is 3.94. The third kappa shape index (κ3) is 3.79. The van der Waals surface area contributed by atoms with Crippen molar-refractivity contribution in [3.05, 3.63) is 29.6 Å². The molecule has 1 aliphatic heterocycles. The van der Waals surface area contributed by atoms with Crippen LogP contribution in [0.2, 0.25) is 0 Å². The lowest BCUT2D eigenvalue weighted by atomic mass is 9.91. The summed E-state index contributed by atoms with van der Waals surface area (Å²) in [5.41, 5.74) is 2.39. The minimum atomic E-state index is -0.652. The first kappa shape index (κ1) is 15.0. The minimum Gasteiger partial charge on any atom is -0.481 e. The Kier molecular flexibility index (Phi) is 4.43. The molecule has 0 aliphatic carbocycles. The van der Waals surface area contributed by atoms with E-state index in [1.165, 1.54) is 5.56 Å². The maximum absolute atomic E-state index is 10.9. The maximum atomic E-state index is 10.9. The summed E-state index contributed by atoms with van der Waals surface area (Å²) >= 11 is 0. The third-order valence-electron chi connectivity index (χ3n) is 3.94. The molecule has 0 aromatic carbocycles. The van der Waals surface area contributed by atoms with Crippen LogP contribution in [-0.2, 0) is 16.8 Å². The van der Waals surface area contributed by atoms with Crippen LogP contribution in [0.5, 0.6) is 0 Å². The first-order valence-electron chi connectivity index (χ1n) is 7.27. The quantitative estimate of drug-likeness (QED) is 0.922. The molecule has 0 amide bonds. The molecule has 0 unspecified atom stereocenters. The molecule has 110 valence electrons. The number of aliphatic carboxylic acids is 1. The number of carboxylic acids is 1. The molecule has 0 bridgehead atoms. The van der Waals surface area contributed by atoms with Crippen molar-refractivity contribution in [2.45, 2.75) is 45.6 Å². The second kappa shape index (κ2) is 5.92. The maximum Gasteiger partial charge on any atom is 0.306 e. The van der Waals surface area contributed by atoms with E-state index in [1.54, 1.807) is 0 Å². The number of hydrogen-bond donors (Lipinski definition) is 1. The molecule has 1 fully saturated rings. The molecule has 0 atom stereocenters. The SMILES string of the molecule is CC(C)(C)c1ccc(CN2CCC(C(=O)O)CC2)cn1. The van der Waals surface area contributed by atoms with Crippen LogP contribution < -0.4 is 0 Å². The summed E-state index contributed by atoms with van der Waals surface area (Å²) in [6.07, 6.45) is 3.45. The average molecular weight is 276 g/mol. The van der Waals surface area contributed by atoms with E-state index in [0.717, 1.165) is 38.2 Å². The molecule has 2 rings (SSSR count). The van der Waals surface area contributed by atoms with Crippen LogP contribution in [0.1, 0.15) is 44.9 Å². The van der Waals surface area contributed by atoms with Crippen molar-refractivity contribution in [3.8, 4) is 0 Å². The van der Waals surface area contributed by atoms with Crippen molar-refractivity contribution in [3.63, 3.8) is 0 Å². The largest absolute Gasteiger partial charge is 0.481 e. The van der Waals surface area contributed by atoms with Gasteiger partial charge in [0.2, 0.25) is 0 Å². The Morgan fingerprint density at radius 3 is 2.45 bits per heavy atom. The van der Waals surface area contributed by atoms with E-state index in [9.17, 15) is 4.79 Å². The summed E-state index contributed by atoms with van der Waals surface area (Å²) in [6.45, 7) is 9.06. The second-order valence-corrected chi connectivity index (χ2v) is 6.69. The Labute approximate surface area is 120 Å². The molecule has 0 saturated carbocycles. The van der Waals surface area contributed by atoms with E-state index in [4.69, 9.17) is 5.11 Å². The summed E-state index contributed by atoms with van der Waals surface area (Å²) in [5, 5.41) is 8.99. The van der Waals surface area contributed by atoms with E-state index in [2.05, 4.69) is 42.8 Å². The number of rotatable bonds is 3. The Hall–Kier alpha value is -1.42. The van der Waals surface area contributed by atoms with Gasteiger partial charge in [0.25, 0.3) is 0 Å². The molecule has 4 heteroatoms. The fourth-order valence-electron chi connectivity index (χ4n) is 2.56. The molecule has 1 saturated heterocycles. The number of carbonyl (C=O) groups is 1. The fraction of sp³-hybridized carbons (Fsp3) is 0.625. The topological polar surface area (TPSA) is 53.4 Å². The molecule has 1 aromatic rings. The number of pyridine rings is 1. The highest BCUT2D eigenvalue weighted by atomic mass is 16.4. The molecule has 0 spiro atoms. The summed E-state index contributed by atoms with van der Waals surface area (Å²) < 4.78 is 0. The van der Waals surface area contributed by atoms with E-state index in [1.807, 2.05) is 6.20 Å². The van der Waals surface area contributed by atoms with Gasteiger partial charge in [0.15, 0.2) is 0 Å². The van der Waals surface area contributed by atoms with Gasteiger partial charge in [0.1, 0.15) is 0 Å². The van der Waals surface area contributed by atoms with Crippen molar-refractivity contribution < 1.29 is 9.90 Å². The van der Waals surface area contributed by atoms with Crippen molar-refractivity contribution >= 4 is 5.97 Å². The van der Waals surface area contributed by atoms with Crippen molar-refractivity contribution in [1.29, 1.82) is 0 Å². The van der Waals surface area contributed by atoms with E-state index < -0.39 is 5.97 Å². The van der Waals surface area contributed by atoms with E-state index in [-0.39, 0.29) is 11.3 Å². The van der Waals surface area contributed by atoms with Crippen LogP contribution in [0.3, 0.4) is 0 Å². The fourth-order valence-corrected chi connectivity index (χ4v) is 2.56. The molecule has 20 heavy (non-hydrogen) atoms. The number of likely N-dealkylation sites (tertiary alicyclic amines) is 1. The second-order valence-electron chi connectivity index (χ2n) is 6.69. The first-order chi connectivity index (χ1) is 9.36. The van der Waals surface area contributed by atoms with Crippen molar-refractivity contribution in [1.82, 2.24) is 9.88 Å². The smallest absolute Gasteiger partial charge is 0.306 e. The lowest BCUT2D eigenvalue weighted by Crippen LogP contribution is -2.35. The van der Waals surface area contributed by atoms with Gasteiger partial charge in [0, 0.05) is 23.9 Å². The van der Waals surface area contributed by atoms with Crippen LogP contribution in [0.15, 0.2) is 18.3 Å². The van der Waals surface area contributed by atoms with Crippen LogP contribution in [-0.4, -0.2) is 34.0 Å². The Bertz CT molecular complexity index is 454. The van der Waals surface area contributed by atoms with E-state index in [0.29, 0.717) is 0 Å². The number of nitrogens with zero attached hydrogens (tertiary/aromatic N) is 2. The van der Waals surface area contributed by atoms with Gasteiger partial charge in [-0.25, -0.2) is 0 Å². The number of carboxylic acid groups (broad SMARTS) is 1. The molecule has 1 aliphatic rings. The zero-order valence-corrected chi connectivity index (χ0v) is 12.6. The highest BCUT2D eigenvalue weighted by Gasteiger charge is 2.24. The molecule has 2 heterocycles. The van der Waals surface area contributed by atoms with E-state index >= 15 is 0 Å². The highest BCUT2D eigenvalue weighted by Crippen LogP contribution is 2.21. The lowest BCUT2D eigenvalue weighted by Gasteiger charge is -2.30. The van der Waals surface area contributed by atoms with Gasteiger partial charge >= 0.3 is 5.97 Å². The van der Waals surface area contributed by atoms with Gasteiger partial charge in [-0.05, 0) is 37.6 Å². The van der Waals surface area contributed by atoms with Gasteiger partial charge in [-0.15, -0.1) is 0 Å². The molecule has 4 nitrogen and oxygen atoms in total. The van der Waals surface area contributed by atoms with Crippen molar-refractivity contribution in [2.24, 2.45) is 5.92 Å². The molecular formula is C16H24N2O2. The predicted octanol–water partition coefficient (Wildman–Crippen LogP) is 2.68. The van der Waals surface area contributed by atoms with Gasteiger partial charge in [-0.1, -0.05) is 26.8 Å². The van der Waals surface area contributed by atoms with Crippen LogP contribution in [0.4, 0.5) is 0 Å². The van der Waals surface area contributed by atoms with Gasteiger partial charge in [0.05, 0.1) is 5.92 Å². The summed E-state index contributed by atoms with van der Waals surface area (Å²) in [5.74, 6) is -0.812. The number of piperidine rings is 1. The Morgan fingerprint density at radius 1 is 1.35 bits per heavy atom. The average Bonchev–Trinajstić information content (AvgIpc) is 2.39. The number of aromatic nitrogens is 1. The van der Waals surface area contributed by atoms with Crippen LogP contribution in [0.25, 0.3) is 0 Å². The monoisotopic (exact) mass is 276 g/mol. The van der Waals surface area contributed by atoms with Gasteiger partial charge in [-0.2, -0.15) is 0 Å². The molecule has 0 radical (unpaired) electrons. The minimum absolute atomic E-state index is 0.0817. The zero-order valence-electron chi connectivity index (χ0n) is 12.6. The molecule has 1 N–H and O–H groups in total. The Balaban J connectivity index is 1.90. The summed E-state index contributed by atoms with van der Waals surface area (Å²) in [7, 11) is 0. The van der Waals surface area contributed by atoms with Crippen LogP contribution >= 0.6 is 0 Å². The summed E-state index contributed by atoms with van der Waals surface area (Å²) in [6, 6.07) is 4.23. The lowest BCUT2D eigenvalue weighted by molar-refractivity contribution is -0.143. The first-order valence-corrected chi connectivity index (χ1v) is 7.27. The molecule has 1 aromatic heterocycles. The van der Waals surface area contributed by atoms with Gasteiger partial charge < -0.3 is 5.11 Å². The van der Waals surface area contributed by atoms with Crippen molar-refractivity contribution in [2.75, 3.05) is 13.1 Å².